The maximum Gasteiger partial charge on any atom is 0.293 e. The maximum atomic E-state index is 12.0. The van der Waals surface area contributed by atoms with Crippen molar-refractivity contribution in [2.75, 3.05) is 0 Å². The second-order valence-electron chi connectivity index (χ2n) is 4.71. The lowest BCUT2D eigenvalue weighted by Crippen LogP contribution is -2.33. The standard InChI is InChI=1S/C14H17N3O2S/c1-8(12-9(2)16-17(4)10(12)3)15-14(19)13(18)11-6-5-7-20-11/h5-8H,1-4H3,(H,15,19)/t8-/m0/s1. The molecule has 0 spiro atoms. The molecule has 5 nitrogen and oxygen atoms in total. The molecule has 2 heterocycles. The Kier molecular flexibility index (Phi) is 4.04. The van der Waals surface area contributed by atoms with Crippen molar-refractivity contribution in [1.29, 1.82) is 0 Å². The minimum Gasteiger partial charge on any atom is -0.342 e. The number of hydrogen-bond donors (Lipinski definition) is 1. The van der Waals surface area contributed by atoms with Crippen LogP contribution in [0.5, 0.6) is 0 Å². The number of amides is 1. The third kappa shape index (κ3) is 2.65. The summed E-state index contributed by atoms with van der Waals surface area (Å²) in [5, 5.41) is 8.84. The lowest BCUT2D eigenvalue weighted by Gasteiger charge is -2.14. The molecule has 106 valence electrons. The molecule has 0 saturated carbocycles. The Morgan fingerprint density at radius 2 is 2.10 bits per heavy atom. The molecule has 20 heavy (non-hydrogen) atoms. The van der Waals surface area contributed by atoms with Crippen LogP contribution in [0, 0.1) is 13.8 Å². The highest BCUT2D eigenvalue weighted by molar-refractivity contribution is 7.13. The molecule has 0 unspecified atom stereocenters. The van der Waals surface area contributed by atoms with Crippen molar-refractivity contribution >= 4 is 23.0 Å². The Balaban J connectivity index is 2.14. The molecule has 2 aromatic rings. The fourth-order valence-electron chi connectivity index (χ4n) is 2.27. The molecule has 2 aromatic heterocycles. The SMILES string of the molecule is Cc1nn(C)c(C)c1[C@H](C)NC(=O)C(=O)c1cccs1. The summed E-state index contributed by atoms with van der Waals surface area (Å²) >= 11 is 1.27. The van der Waals surface area contributed by atoms with Gasteiger partial charge in [0, 0.05) is 18.3 Å². The van der Waals surface area contributed by atoms with Gasteiger partial charge in [0.2, 0.25) is 0 Å². The topological polar surface area (TPSA) is 64.0 Å². The molecule has 0 saturated heterocycles. The van der Waals surface area contributed by atoms with E-state index in [9.17, 15) is 9.59 Å². The van der Waals surface area contributed by atoms with Gasteiger partial charge in [-0.1, -0.05) is 6.07 Å². The zero-order valence-electron chi connectivity index (χ0n) is 11.9. The van der Waals surface area contributed by atoms with Crippen LogP contribution < -0.4 is 5.32 Å². The molecule has 0 radical (unpaired) electrons. The molecule has 1 amide bonds. The maximum absolute atomic E-state index is 12.0. The first-order valence-corrected chi connectivity index (χ1v) is 7.18. The highest BCUT2D eigenvalue weighted by atomic mass is 32.1. The van der Waals surface area contributed by atoms with Gasteiger partial charge in [-0.2, -0.15) is 5.10 Å². The van der Waals surface area contributed by atoms with E-state index >= 15 is 0 Å². The quantitative estimate of drug-likeness (QED) is 0.693. The number of Topliss-reactive ketones (excluding diaryl/α,β-unsaturated/α-hetero) is 1. The minimum absolute atomic E-state index is 0.250. The Morgan fingerprint density at radius 3 is 2.60 bits per heavy atom. The number of aryl methyl sites for hydroxylation is 2. The van der Waals surface area contributed by atoms with E-state index in [2.05, 4.69) is 10.4 Å². The Labute approximate surface area is 121 Å². The molecule has 1 N–H and O–H groups in total. The van der Waals surface area contributed by atoms with Crippen molar-refractivity contribution in [3.05, 3.63) is 39.3 Å². The first-order chi connectivity index (χ1) is 9.41. The monoisotopic (exact) mass is 291 g/mol. The zero-order valence-corrected chi connectivity index (χ0v) is 12.7. The summed E-state index contributed by atoms with van der Waals surface area (Å²) in [5.41, 5.74) is 2.81. The van der Waals surface area contributed by atoms with Crippen molar-refractivity contribution in [2.45, 2.75) is 26.8 Å². The Morgan fingerprint density at radius 1 is 1.40 bits per heavy atom. The number of carbonyl (C=O) groups excluding carboxylic acids is 2. The van der Waals surface area contributed by atoms with E-state index in [-0.39, 0.29) is 6.04 Å². The number of carbonyl (C=O) groups is 2. The van der Waals surface area contributed by atoms with Gasteiger partial charge < -0.3 is 5.32 Å². The van der Waals surface area contributed by atoms with Crippen molar-refractivity contribution in [2.24, 2.45) is 7.05 Å². The number of ketones is 1. The zero-order chi connectivity index (χ0) is 14.9. The minimum atomic E-state index is -0.581. The largest absolute Gasteiger partial charge is 0.342 e. The van der Waals surface area contributed by atoms with Crippen LogP contribution in [-0.4, -0.2) is 21.5 Å². The number of hydrogen-bond acceptors (Lipinski definition) is 4. The van der Waals surface area contributed by atoms with Gasteiger partial charge in [0.05, 0.1) is 16.6 Å². The summed E-state index contributed by atoms with van der Waals surface area (Å²) in [6.07, 6.45) is 0. The molecule has 0 bridgehead atoms. The lowest BCUT2D eigenvalue weighted by atomic mass is 10.1. The van der Waals surface area contributed by atoms with Gasteiger partial charge in [0.25, 0.3) is 11.7 Å². The second kappa shape index (κ2) is 5.58. The van der Waals surface area contributed by atoms with Crippen LogP contribution in [-0.2, 0) is 11.8 Å². The molecule has 6 heteroatoms. The lowest BCUT2D eigenvalue weighted by molar-refractivity contribution is -0.117. The highest BCUT2D eigenvalue weighted by Crippen LogP contribution is 2.21. The molecule has 0 aliphatic carbocycles. The Bertz CT molecular complexity index is 644. The third-order valence-corrected chi connectivity index (χ3v) is 4.17. The highest BCUT2D eigenvalue weighted by Gasteiger charge is 2.22. The van der Waals surface area contributed by atoms with Crippen LogP contribution >= 0.6 is 11.3 Å². The molecular weight excluding hydrogens is 274 g/mol. The number of rotatable bonds is 4. The van der Waals surface area contributed by atoms with E-state index in [1.807, 2.05) is 27.8 Å². The molecule has 2 rings (SSSR count). The summed E-state index contributed by atoms with van der Waals surface area (Å²) in [5.74, 6) is -1.08. The molecule has 0 aliphatic rings. The summed E-state index contributed by atoms with van der Waals surface area (Å²) in [7, 11) is 1.86. The predicted molar refractivity (Wildman–Crippen MR) is 77.9 cm³/mol. The summed E-state index contributed by atoms with van der Waals surface area (Å²) in [6, 6.07) is 3.15. The van der Waals surface area contributed by atoms with Crippen LogP contribution in [0.4, 0.5) is 0 Å². The van der Waals surface area contributed by atoms with E-state index in [1.165, 1.54) is 11.3 Å². The molecular formula is C14H17N3O2S. The van der Waals surface area contributed by atoms with Crippen LogP contribution in [0.2, 0.25) is 0 Å². The first-order valence-electron chi connectivity index (χ1n) is 6.30. The average molecular weight is 291 g/mol. The van der Waals surface area contributed by atoms with Crippen molar-refractivity contribution in [1.82, 2.24) is 15.1 Å². The number of aromatic nitrogens is 2. The number of thiophene rings is 1. The fourth-order valence-corrected chi connectivity index (χ4v) is 2.93. The van der Waals surface area contributed by atoms with Gasteiger partial charge in [-0.3, -0.25) is 14.3 Å². The van der Waals surface area contributed by atoms with Gasteiger partial charge in [0.15, 0.2) is 0 Å². The first kappa shape index (κ1) is 14.5. The van der Waals surface area contributed by atoms with Crippen LogP contribution in [0.25, 0.3) is 0 Å². The van der Waals surface area contributed by atoms with E-state index in [4.69, 9.17) is 0 Å². The second-order valence-corrected chi connectivity index (χ2v) is 5.66. The van der Waals surface area contributed by atoms with Crippen molar-refractivity contribution in [3.63, 3.8) is 0 Å². The predicted octanol–water partition coefficient (Wildman–Crippen LogP) is 2.16. The van der Waals surface area contributed by atoms with Crippen LogP contribution in [0.1, 0.15) is 39.6 Å². The fraction of sp³-hybridized carbons (Fsp3) is 0.357. The molecule has 0 aliphatic heterocycles. The smallest absolute Gasteiger partial charge is 0.293 e. The van der Waals surface area contributed by atoms with Crippen LogP contribution in [0.3, 0.4) is 0 Å². The summed E-state index contributed by atoms with van der Waals surface area (Å²) < 4.78 is 1.77. The van der Waals surface area contributed by atoms with E-state index in [0.29, 0.717) is 4.88 Å². The van der Waals surface area contributed by atoms with Gasteiger partial charge in [0.1, 0.15) is 0 Å². The average Bonchev–Trinajstić information content (AvgIpc) is 2.98. The van der Waals surface area contributed by atoms with Gasteiger partial charge in [-0.25, -0.2) is 0 Å². The molecule has 0 fully saturated rings. The number of nitrogens with zero attached hydrogens (tertiary/aromatic N) is 2. The Hall–Kier alpha value is -1.95. The van der Waals surface area contributed by atoms with E-state index in [1.54, 1.807) is 22.2 Å². The van der Waals surface area contributed by atoms with Gasteiger partial charge >= 0.3 is 0 Å². The van der Waals surface area contributed by atoms with Crippen molar-refractivity contribution in [3.8, 4) is 0 Å². The molecule has 1 atom stereocenters. The molecule has 0 aromatic carbocycles. The number of nitrogens with one attached hydrogen (secondary N) is 1. The van der Waals surface area contributed by atoms with E-state index < -0.39 is 11.7 Å². The summed E-state index contributed by atoms with van der Waals surface area (Å²) in [4.78, 5) is 24.4. The van der Waals surface area contributed by atoms with Gasteiger partial charge in [-0.15, -0.1) is 11.3 Å². The summed E-state index contributed by atoms with van der Waals surface area (Å²) in [6.45, 7) is 5.70. The third-order valence-electron chi connectivity index (χ3n) is 3.30. The van der Waals surface area contributed by atoms with Crippen LogP contribution in [0.15, 0.2) is 17.5 Å². The van der Waals surface area contributed by atoms with Crippen molar-refractivity contribution < 1.29 is 9.59 Å². The van der Waals surface area contributed by atoms with E-state index in [0.717, 1.165) is 17.0 Å². The normalized spacial score (nSPS) is 12.2. The van der Waals surface area contributed by atoms with Gasteiger partial charge in [-0.05, 0) is 32.2 Å².